The van der Waals surface area contributed by atoms with Gasteiger partial charge in [0.15, 0.2) is 5.78 Å². The van der Waals surface area contributed by atoms with Crippen molar-refractivity contribution in [3.8, 4) is 0 Å². The Bertz CT molecular complexity index is 254. The molecule has 0 bridgehead atoms. The van der Waals surface area contributed by atoms with Crippen LogP contribution in [0.15, 0.2) is 0 Å². The number of ketones is 1. The highest BCUT2D eigenvalue weighted by Gasteiger charge is 2.43. The van der Waals surface area contributed by atoms with Crippen molar-refractivity contribution in [2.75, 3.05) is 0 Å². The molecule has 0 saturated carbocycles. The molecule has 0 aromatic carbocycles. The largest absolute Gasteiger partial charge is 0.432 e. The molecule has 0 radical (unpaired) electrons. The third-order valence-electron chi connectivity index (χ3n) is 2.81. The van der Waals surface area contributed by atoms with Crippen LogP contribution in [0.2, 0.25) is 6.82 Å². The highest BCUT2D eigenvalue weighted by Crippen LogP contribution is 2.28. The van der Waals surface area contributed by atoms with E-state index < -0.39 is 13.1 Å². The van der Waals surface area contributed by atoms with Gasteiger partial charge in [-0.2, -0.15) is 0 Å². The molecule has 1 aliphatic rings. The van der Waals surface area contributed by atoms with Gasteiger partial charge < -0.3 is 9.83 Å². The van der Waals surface area contributed by atoms with Crippen LogP contribution in [0.4, 0.5) is 0 Å². The summed E-state index contributed by atoms with van der Waals surface area (Å²) in [5, 5.41) is 9.41. The van der Waals surface area contributed by atoms with Crippen molar-refractivity contribution in [1.29, 1.82) is 0 Å². The summed E-state index contributed by atoms with van der Waals surface area (Å²) in [7, 11) is -0.868. The summed E-state index contributed by atoms with van der Waals surface area (Å²) in [6.45, 7) is 4.91. The predicted molar refractivity (Wildman–Crippen MR) is 53.5 cm³/mol. The van der Waals surface area contributed by atoms with Crippen molar-refractivity contribution in [3.05, 3.63) is 0 Å². The first-order chi connectivity index (χ1) is 6.49. The summed E-state index contributed by atoms with van der Waals surface area (Å²) in [5.74, 6) is -0.239. The molecule has 2 atom stereocenters. The molecule has 1 amide bonds. The van der Waals surface area contributed by atoms with Crippen molar-refractivity contribution in [2.45, 2.75) is 39.6 Å². The third kappa shape index (κ3) is 1.82. The van der Waals surface area contributed by atoms with Crippen molar-refractivity contribution in [1.82, 2.24) is 4.81 Å². The Hall–Kier alpha value is -0.835. The molecule has 14 heavy (non-hydrogen) atoms. The number of carbonyl (C=O) groups is 2. The first-order valence-electron chi connectivity index (χ1n) is 4.99. The van der Waals surface area contributed by atoms with E-state index in [1.165, 1.54) is 18.6 Å². The SMILES string of the molecule is CC[C@@H]1C[C@@H](C(C)=O)N(B(C)O)C1=O. The van der Waals surface area contributed by atoms with Crippen LogP contribution in [0.3, 0.4) is 0 Å². The van der Waals surface area contributed by atoms with Crippen LogP contribution in [-0.4, -0.2) is 34.6 Å². The summed E-state index contributed by atoms with van der Waals surface area (Å²) in [4.78, 5) is 24.3. The highest BCUT2D eigenvalue weighted by molar-refractivity contribution is 6.50. The lowest BCUT2D eigenvalue weighted by molar-refractivity contribution is -0.131. The highest BCUT2D eigenvalue weighted by atomic mass is 16.2. The Morgan fingerprint density at radius 1 is 1.71 bits per heavy atom. The number of amides is 1. The molecule has 1 aliphatic heterocycles. The molecule has 1 N–H and O–H groups in total. The molecule has 0 unspecified atom stereocenters. The van der Waals surface area contributed by atoms with Crippen LogP contribution in [0.5, 0.6) is 0 Å². The minimum atomic E-state index is -0.868. The Balaban J connectivity index is 2.87. The van der Waals surface area contributed by atoms with E-state index in [-0.39, 0.29) is 17.6 Å². The van der Waals surface area contributed by atoms with E-state index in [0.717, 1.165) is 6.42 Å². The molecule has 1 fully saturated rings. The molecule has 1 rings (SSSR count). The molecule has 78 valence electrons. The standard InChI is InChI=1S/C9H16BNO3/c1-4-7-5-8(6(2)12)11(9(7)13)10(3)14/h7-8,14H,4-5H2,1-3H3/t7-,8+/m1/s1. The second-order valence-electron chi connectivity index (χ2n) is 3.84. The maximum absolute atomic E-state index is 11.7. The lowest BCUT2D eigenvalue weighted by Gasteiger charge is -2.23. The minimum Gasteiger partial charge on any atom is -0.432 e. The number of carbonyl (C=O) groups excluding carboxylic acids is 2. The number of hydrogen-bond acceptors (Lipinski definition) is 3. The first-order valence-corrected chi connectivity index (χ1v) is 4.99. The van der Waals surface area contributed by atoms with Crippen LogP contribution < -0.4 is 0 Å². The Labute approximate surface area is 84.4 Å². The van der Waals surface area contributed by atoms with Crippen molar-refractivity contribution in [3.63, 3.8) is 0 Å². The van der Waals surface area contributed by atoms with E-state index >= 15 is 0 Å². The summed E-state index contributed by atoms with van der Waals surface area (Å²) < 4.78 is 0. The van der Waals surface area contributed by atoms with Gasteiger partial charge in [0.05, 0.1) is 6.04 Å². The summed E-state index contributed by atoms with van der Waals surface area (Å²) >= 11 is 0. The Morgan fingerprint density at radius 2 is 2.29 bits per heavy atom. The molecule has 1 heterocycles. The Kier molecular flexibility index (Phi) is 3.31. The van der Waals surface area contributed by atoms with E-state index in [4.69, 9.17) is 0 Å². The number of nitrogens with zero attached hydrogens (tertiary/aromatic N) is 1. The van der Waals surface area contributed by atoms with Gasteiger partial charge in [-0.15, -0.1) is 0 Å². The number of rotatable bonds is 3. The summed E-state index contributed by atoms with van der Waals surface area (Å²) in [6, 6.07) is -0.424. The average molecular weight is 197 g/mol. The third-order valence-corrected chi connectivity index (χ3v) is 2.81. The topological polar surface area (TPSA) is 57.6 Å². The second kappa shape index (κ2) is 4.13. The van der Waals surface area contributed by atoms with Crippen LogP contribution in [0.25, 0.3) is 0 Å². The lowest BCUT2D eigenvalue weighted by Crippen LogP contribution is -2.46. The average Bonchev–Trinajstić information content (AvgIpc) is 2.42. The van der Waals surface area contributed by atoms with Gasteiger partial charge in [0.2, 0.25) is 5.91 Å². The van der Waals surface area contributed by atoms with E-state index in [1.54, 1.807) is 0 Å². The van der Waals surface area contributed by atoms with Crippen molar-refractivity contribution < 1.29 is 14.6 Å². The molecule has 4 nitrogen and oxygen atoms in total. The Morgan fingerprint density at radius 3 is 2.57 bits per heavy atom. The molecular formula is C9H16BNO3. The van der Waals surface area contributed by atoms with Gasteiger partial charge in [-0.05, 0) is 26.6 Å². The zero-order valence-electron chi connectivity index (χ0n) is 8.86. The summed E-state index contributed by atoms with van der Waals surface area (Å²) in [5.41, 5.74) is 0. The predicted octanol–water partition coefficient (Wildman–Crippen LogP) is 0.313. The normalized spacial score (nSPS) is 26.9. The van der Waals surface area contributed by atoms with Crippen LogP contribution in [-0.2, 0) is 9.59 Å². The lowest BCUT2D eigenvalue weighted by atomic mass is 9.83. The van der Waals surface area contributed by atoms with Gasteiger partial charge in [-0.3, -0.25) is 9.59 Å². The van der Waals surface area contributed by atoms with Crippen LogP contribution in [0, 0.1) is 5.92 Å². The van der Waals surface area contributed by atoms with E-state index in [0.29, 0.717) is 6.42 Å². The van der Waals surface area contributed by atoms with Gasteiger partial charge >= 0.3 is 7.05 Å². The second-order valence-corrected chi connectivity index (χ2v) is 3.84. The van der Waals surface area contributed by atoms with Gasteiger partial charge in [-0.25, -0.2) is 0 Å². The van der Waals surface area contributed by atoms with Gasteiger partial charge in [0, 0.05) is 5.92 Å². The maximum atomic E-state index is 11.7. The first kappa shape index (κ1) is 11.2. The van der Waals surface area contributed by atoms with E-state index in [9.17, 15) is 14.6 Å². The van der Waals surface area contributed by atoms with Crippen LogP contribution >= 0.6 is 0 Å². The fraction of sp³-hybridized carbons (Fsp3) is 0.778. The fourth-order valence-electron chi connectivity index (χ4n) is 2.00. The zero-order chi connectivity index (χ0) is 10.9. The monoisotopic (exact) mass is 197 g/mol. The summed E-state index contributed by atoms with van der Waals surface area (Å²) in [6.07, 6.45) is 1.28. The van der Waals surface area contributed by atoms with Gasteiger partial charge in [-0.1, -0.05) is 6.92 Å². The number of Topliss-reactive ketones (excluding diaryl/α,β-unsaturated/α-hetero) is 1. The van der Waals surface area contributed by atoms with E-state index in [2.05, 4.69) is 0 Å². The molecule has 1 saturated heterocycles. The van der Waals surface area contributed by atoms with Crippen molar-refractivity contribution >= 4 is 18.7 Å². The van der Waals surface area contributed by atoms with Crippen LogP contribution in [0.1, 0.15) is 26.7 Å². The quantitative estimate of drug-likeness (QED) is 0.662. The minimum absolute atomic E-state index is 0.0461. The van der Waals surface area contributed by atoms with Gasteiger partial charge in [0.1, 0.15) is 0 Å². The molecule has 0 aromatic rings. The molecule has 0 aromatic heterocycles. The number of hydrogen-bond donors (Lipinski definition) is 1. The molecule has 5 heteroatoms. The fourth-order valence-corrected chi connectivity index (χ4v) is 2.00. The zero-order valence-corrected chi connectivity index (χ0v) is 8.86. The maximum Gasteiger partial charge on any atom is 0.412 e. The smallest absolute Gasteiger partial charge is 0.412 e. The molecular weight excluding hydrogens is 181 g/mol. The molecule has 0 aliphatic carbocycles. The van der Waals surface area contributed by atoms with Crippen molar-refractivity contribution in [2.24, 2.45) is 5.92 Å². The molecule has 0 spiro atoms. The van der Waals surface area contributed by atoms with Gasteiger partial charge in [0.25, 0.3) is 0 Å². The van der Waals surface area contributed by atoms with E-state index in [1.807, 2.05) is 6.92 Å².